The van der Waals surface area contributed by atoms with E-state index in [1.54, 1.807) is 0 Å². The molecule has 0 N–H and O–H groups in total. The molecule has 0 saturated carbocycles. The van der Waals surface area contributed by atoms with Gasteiger partial charge in [0.1, 0.15) is 5.60 Å². The Labute approximate surface area is 135 Å². The third-order valence-corrected chi connectivity index (χ3v) is 4.34. The van der Waals surface area contributed by atoms with Gasteiger partial charge in [-0.1, -0.05) is 41.1 Å². The van der Waals surface area contributed by atoms with Gasteiger partial charge in [-0.05, 0) is 49.8 Å². The quantitative estimate of drug-likeness (QED) is 0.696. The van der Waals surface area contributed by atoms with Crippen molar-refractivity contribution in [2.45, 2.75) is 51.0 Å². The van der Waals surface area contributed by atoms with E-state index in [2.05, 4.69) is 41.1 Å². The van der Waals surface area contributed by atoms with E-state index in [4.69, 9.17) is 4.74 Å². The lowest BCUT2D eigenvalue weighted by Crippen LogP contribution is -2.38. The maximum Gasteiger partial charge on any atom is 0.410 e. The van der Waals surface area contributed by atoms with E-state index in [0.29, 0.717) is 5.92 Å². The number of benzene rings is 1. The summed E-state index contributed by atoms with van der Waals surface area (Å²) in [5.41, 5.74) is 3.55. The summed E-state index contributed by atoms with van der Waals surface area (Å²) < 4.78 is 5.50. The highest BCUT2D eigenvalue weighted by atomic mass is 79.9. The topological polar surface area (TPSA) is 29.5 Å². The van der Waals surface area contributed by atoms with Crippen LogP contribution in [0, 0.1) is 0 Å². The molecular formula is C17H24BrNO2. The lowest BCUT2D eigenvalue weighted by atomic mass is 9.94. The smallest absolute Gasteiger partial charge is 0.410 e. The first kappa shape index (κ1) is 16.3. The van der Waals surface area contributed by atoms with Crippen molar-refractivity contribution in [1.29, 1.82) is 0 Å². The summed E-state index contributed by atoms with van der Waals surface area (Å²) in [6.07, 6.45) is 0.683. The van der Waals surface area contributed by atoms with Crippen molar-refractivity contribution < 1.29 is 9.53 Å². The first-order valence-corrected chi connectivity index (χ1v) is 8.58. The van der Waals surface area contributed by atoms with Gasteiger partial charge in [0.2, 0.25) is 0 Å². The van der Waals surface area contributed by atoms with Crippen molar-refractivity contribution in [2.24, 2.45) is 0 Å². The van der Waals surface area contributed by atoms with Gasteiger partial charge in [-0.25, -0.2) is 4.79 Å². The molecule has 2 rings (SSSR count). The first-order valence-electron chi connectivity index (χ1n) is 7.46. The molecule has 116 valence electrons. The monoisotopic (exact) mass is 353 g/mol. The number of alkyl halides is 1. The molecule has 4 heteroatoms. The fraction of sp³-hybridized carbons (Fsp3) is 0.588. The molecule has 0 unspecified atom stereocenters. The van der Waals surface area contributed by atoms with Crippen LogP contribution in [0.5, 0.6) is 0 Å². The number of carbonyl (C=O) groups is 1. The Morgan fingerprint density at radius 1 is 1.43 bits per heavy atom. The Balaban J connectivity index is 2.15. The summed E-state index contributed by atoms with van der Waals surface area (Å²) in [4.78, 5) is 14.1. The van der Waals surface area contributed by atoms with Crippen LogP contribution in [0.15, 0.2) is 18.2 Å². The maximum absolute atomic E-state index is 12.3. The zero-order chi connectivity index (χ0) is 15.6. The van der Waals surface area contributed by atoms with E-state index >= 15 is 0 Å². The highest BCUT2D eigenvalue weighted by molar-refractivity contribution is 9.08. The lowest BCUT2D eigenvalue weighted by molar-refractivity contribution is 0.0248. The van der Waals surface area contributed by atoms with Gasteiger partial charge < -0.3 is 9.64 Å². The van der Waals surface area contributed by atoms with Crippen LogP contribution in [0.1, 0.15) is 50.3 Å². The molecule has 21 heavy (non-hydrogen) atoms. The van der Waals surface area contributed by atoms with Crippen LogP contribution in [0.2, 0.25) is 0 Å². The third kappa shape index (κ3) is 4.22. The molecule has 1 aliphatic rings. The Morgan fingerprint density at radius 3 is 2.76 bits per heavy atom. The number of hydrogen-bond donors (Lipinski definition) is 0. The van der Waals surface area contributed by atoms with Gasteiger partial charge in [0.05, 0.1) is 0 Å². The predicted molar refractivity (Wildman–Crippen MR) is 89.0 cm³/mol. The Hall–Kier alpha value is -1.03. The number of fused-ring (bicyclic) bond motifs is 1. The largest absolute Gasteiger partial charge is 0.444 e. The number of ether oxygens (including phenoxy) is 1. The molecule has 1 atom stereocenters. The predicted octanol–water partition coefficient (Wildman–Crippen LogP) is 4.48. The number of carbonyl (C=O) groups excluding carboxylic acids is 1. The number of rotatable bonds is 1. The van der Waals surface area contributed by atoms with Crippen molar-refractivity contribution in [3.8, 4) is 0 Å². The van der Waals surface area contributed by atoms with E-state index in [-0.39, 0.29) is 6.09 Å². The molecule has 0 bridgehead atoms. The molecule has 1 aromatic carbocycles. The Morgan fingerprint density at radius 2 is 2.14 bits per heavy atom. The van der Waals surface area contributed by atoms with Crippen molar-refractivity contribution in [2.75, 3.05) is 13.1 Å². The van der Waals surface area contributed by atoms with Gasteiger partial charge >= 0.3 is 6.09 Å². The minimum atomic E-state index is -0.442. The van der Waals surface area contributed by atoms with Gasteiger partial charge in [0.25, 0.3) is 0 Å². The minimum absolute atomic E-state index is 0.206. The standard InChI is InChI=1S/C17H24BrNO2/c1-12-11-19(16(20)21-17(2,3)4)8-7-14-9-13(10-18)5-6-15(12)14/h5-6,9,12H,7-8,10-11H2,1-4H3/t12-/m0/s1. The first-order chi connectivity index (χ1) is 9.80. The van der Waals surface area contributed by atoms with Crippen molar-refractivity contribution in [3.63, 3.8) is 0 Å². The number of amides is 1. The molecule has 0 fully saturated rings. The fourth-order valence-electron chi connectivity index (χ4n) is 2.71. The molecular weight excluding hydrogens is 330 g/mol. The molecule has 0 aliphatic carbocycles. The summed E-state index contributed by atoms with van der Waals surface area (Å²) in [7, 11) is 0. The third-order valence-electron chi connectivity index (χ3n) is 3.69. The van der Waals surface area contributed by atoms with Crippen LogP contribution < -0.4 is 0 Å². The zero-order valence-electron chi connectivity index (χ0n) is 13.3. The number of hydrogen-bond acceptors (Lipinski definition) is 2. The van der Waals surface area contributed by atoms with Crippen molar-refractivity contribution >= 4 is 22.0 Å². The van der Waals surface area contributed by atoms with Gasteiger partial charge in [0.15, 0.2) is 0 Å². The van der Waals surface area contributed by atoms with E-state index < -0.39 is 5.60 Å². The van der Waals surface area contributed by atoms with E-state index in [1.807, 2.05) is 25.7 Å². The highest BCUT2D eigenvalue weighted by Crippen LogP contribution is 2.27. The number of halogens is 1. The SMILES string of the molecule is C[C@H]1CN(C(=O)OC(C)(C)C)CCc2cc(CBr)ccc21. The second-order valence-corrected chi connectivity index (χ2v) is 7.30. The highest BCUT2D eigenvalue weighted by Gasteiger charge is 2.27. The van der Waals surface area contributed by atoms with Gasteiger partial charge in [-0.15, -0.1) is 0 Å². The van der Waals surface area contributed by atoms with Gasteiger partial charge in [-0.3, -0.25) is 0 Å². The molecule has 1 amide bonds. The summed E-state index contributed by atoms with van der Waals surface area (Å²) in [5.74, 6) is 0.333. The molecule has 1 aromatic rings. The van der Waals surface area contributed by atoms with Crippen LogP contribution in [0.3, 0.4) is 0 Å². The van der Waals surface area contributed by atoms with Crippen LogP contribution in [0.25, 0.3) is 0 Å². The molecule has 0 saturated heterocycles. The van der Waals surface area contributed by atoms with Crippen molar-refractivity contribution in [1.82, 2.24) is 4.90 Å². The average Bonchev–Trinajstić information content (AvgIpc) is 2.56. The molecule has 3 nitrogen and oxygen atoms in total. The fourth-order valence-corrected chi connectivity index (χ4v) is 3.06. The summed E-state index contributed by atoms with van der Waals surface area (Å²) in [6.45, 7) is 9.33. The van der Waals surface area contributed by atoms with E-state index in [0.717, 1.165) is 24.8 Å². The maximum atomic E-state index is 12.3. The summed E-state index contributed by atoms with van der Waals surface area (Å²) in [6, 6.07) is 6.61. The van der Waals surface area contributed by atoms with Gasteiger partial charge in [-0.2, -0.15) is 0 Å². The average molecular weight is 354 g/mol. The van der Waals surface area contributed by atoms with Crippen LogP contribution >= 0.6 is 15.9 Å². The summed E-state index contributed by atoms with van der Waals surface area (Å²) >= 11 is 3.50. The molecule has 1 heterocycles. The zero-order valence-corrected chi connectivity index (χ0v) is 14.9. The Kier molecular flexibility index (Phi) is 4.97. The van der Waals surface area contributed by atoms with Crippen LogP contribution in [-0.4, -0.2) is 29.7 Å². The molecule has 1 aliphatic heterocycles. The molecule has 0 spiro atoms. The second-order valence-electron chi connectivity index (χ2n) is 6.74. The Bertz CT molecular complexity index is 522. The molecule has 0 aromatic heterocycles. The van der Waals surface area contributed by atoms with Crippen molar-refractivity contribution in [3.05, 3.63) is 34.9 Å². The van der Waals surface area contributed by atoms with Crippen LogP contribution in [0.4, 0.5) is 4.79 Å². The normalized spacial score (nSPS) is 18.9. The van der Waals surface area contributed by atoms with E-state index in [9.17, 15) is 4.79 Å². The summed E-state index contributed by atoms with van der Waals surface area (Å²) in [5, 5.41) is 0.866. The second kappa shape index (κ2) is 6.39. The number of nitrogens with zero attached hydrogens (tertiary/aromatic N) is 1. The van der Waals surface area contributed by atoms with Crippen LogP contribution in [-0.2, 0) is 16.5 Å². The van der Waals surface area contributed by atoms with E-state index in [1.165, 1.54) is 16.7 Å². The lowest BCUT2D eigenvalue weighted by Gasteiger charge is -2.27. The molecule has 0 radical (unpaired) electrons. The van der Waals surface area contributed by atoms with Gasteiger partial charge in [0, 0.05) is 18.4 Å². The minimum Gasteiger partial charge on any atom is -0.444 e.